The number of benzene rings is 2. The number of hydrogen-bond acceptors (Lipinski definition) is 2. The molecule has 0 atom stereocenters. The highest BCUT2D eigenvalue weighted by molar-refractivity contribution is 5.92. The molecular formula is C16H14FNO3. The third kappa shape index (κ3) is 4.72. The van der Waals surface area contributed by atoms with E-state index in [2.05, 4.69) is 5.32 Å². The summed E-state index contributed by atoms with van der Waals surface area (Å²) in [5, 5.41) is 11.4. The quantitative estimate of drug-likeness (QED) is 0.888. The van der Waals surface area contributed by atoms with Gasteiger partial charge in [0.05, 0.1) is 12.8 Å². The number of amides is 1. The van der Waals surface area contributed by atoms with E-state index in [9.17, 15) is 14.0 Å². The maximum absolute atomic E-state index is 13.0. The van der Waals surface area contributed by atoms with Crippen molar-refractivity contribution in [1.82, 2.24) is 0 Å². The Morgan fingerprint density at radius 2 is 1.67 bits per heavy atom. The van der Waals surface area contributed by atoms with E-state index < -0.39 is 5.97 Å². The number of carbonyl (C=O) groups excluding carboxylic acids is 1. The number of carboxylic acids is 1. The minimum atomic E-state index is -0.932. The monoisotopic (exact) mass is 287 g/mol. The molecule has 0 aliphatic carbocycles. The normalized spacial score (nSPS) is 10.1. The van der Waals surface area contributed by atoms with Gasteiger partial charge in [-0.3, -0.25) is 9.59 Å². The van der Waals surface area contributed by atoms with Crippen LogP contribution in [0.2, 0.25) is 0 Å². The van der Waals surface area contributed by atoms with Crippen LogP contribution in [-0.4, -0.2) is 17.0 Å². The van der Waals surface area contributed by atoms with E-state index in [1.165, 1.54) is 12.1 Å². The lowest BCUT2D eigenvalue weighted by Crippen LogP contribution is -2.14. The number of anilines is 1. The molecule has 1 amide bonds. The molecule has 2 rings (SSSR count). The van der Waals surface area contributed by atoms with E-state index in [1.54, 1.807) is 36.4 Å². The Kier molecular flexibility index (Phi) is 4.66. The van der Waals surface area contributed by atoms with Crippen molar-refractivity contribution in [3.8, 4) is 0 Å². The Bertz CT molecular complexity index is 670. The molecule has 108 valence electrons. The average Bonchev–Trinajstić information content (AvgIpc) is 2.37. The molecule has 5 heteroatoms. The summed E-state index contributed by atoms with van der Waals surface area (Å²) in [7, 11) is 0. The third-order valence-corrected chi connectivity index (χ3v) is 2.82. The van der Waals surface area contributed by atoms with Gasteiger partial charge in [0.2, 0.25) is 5.91 Å². The van der Waals surface area contributed by atoms with E-state index in [-0.39, 0.29) is 24.6 Å². The molecule has 0 fully saturated rings. The van der Waals surface area contributed by atoms with Crippen LogP contribution in [0, 0.1) is 5.82 Å². The van der Waals surface area contributed by atoms with Gasteiger partial charge in [-0.05, 0) is 35.4 Å². The predicted molar refractivity (Wildman–Crippen MR) is 76.5 cm³/mol. The van der Waals surface area contributed by atoms with E-state index >= 15 is 0 Å². The number of hydrogen-bond donors (Lipinski definition) is 2. The van der Waals surface area contributed by atoms with Crippen molar-refractivity contribution in [3.63, 3.8) is 0 Å². The molecule has 0 aliphatic heterocycles. The van der Waals surface area contributed by atoms with Crippen molar-refractivity contribution in [2.24, 2.45) is 0 Å². The molecule has 0 spiro atoms. The maximum Gasteiger partial charge on any atom is 0.307 e. The number of nitrogens with one attached hydrogen (secondary N) is 1. The minimum Gasteiger partial charge on any atom is -0.481 e. The van der Waals surface area contributed by atoms with Gasteiger partial charge < -0.3 is 10.4 Å². The van der Waals surface area contributed by atoms with Crippen molar-refractivity contribution < 1.29 is 19.1 Å². The molecule has 21 heavy (non-hydrogen) atoms. The summed E-state index contributed by atoms with van der Waals surface area (Å²) in [5.74, 6) is -1.60. The number of rotatable bonds is 5. The van der Waals surface area contributed by atoms with Crippen LogP contribution in [0.5, 0.6) is 0 Å². The van der Waals surface area contributed by atoms with Crippen molar-refractivity contribution in [1.29, 1.82) is 0 Å². The van der Waals surface area contributed by atoms with Gasteiger partial charge in [0.1, 0.15) is 5.82 Å². The summed E-state index contributed by atoms with van der Waals surface area (Å²) in [5.41, 5.74) is 1.70. The summed E-state index contributed by atoms with van der Waals surface area (Å²) in [6, 6.07) is 12.5. The standard InChI is InChI=1S/C16H14FNO3/c17-13-5-1-3-11(7-13)9-15(19)18-14-6-2-4-12(8-14)10-16(20)21/h1-8H,9-10H2,(H,18,19)(H,20,21). The van der Waals surface area contributed by atoms with Gasteiger partial charge in [-0.1, -0.05) is 24.3 Å². The molecule has 0 unspecified atom stereocenters. The Hall–Kier alpha value is -2.69. The fraction of sp³-hybridized carbons (Fsp3) is 0.125. The zero-order chi connectivity index (χ0) is 15.2. The molecule has 2 aromatic rings. The highest BCUT2D eigenvalue weighted by Gasteiger charge is 2.06. The van der Waals surface area contributed by atoms with E-state index in [4.69, 9.17) is 5.11 Å². The fourth-order valence-electron chi connectivity index (χ4n) is 1.97. The van der Waals surface area contributed by atoms with Gasteiger partial charge in [-0.2, -0.15) is 0 Å². The highest BCUT2D eigenvalue weighted by atomic mass is 19.1. The highest BCUT2D eigenvalue weighted by Crippen LogP contribution is 2.12. The summed E-state index contributed by atoms with van der Waals surface area (Å²) in [6.45, 7) is 0. The van der Waals surface area contributed by atoms with Gasteiger partial charge in [0, 0.05) is 5.69 Å². The Morgan fingerprint density at radius 1 is 1.00 bits per heavy atom. The Morgan fingerprint density at radius 3 is 2.33 bits per heavy atom. The molecule has 2 N–H and O–H groups in total. The van der Waals surface area contributed by atoms with E-state index in [0.29, 0.717) is 16.8 Å². The topological polar surface area (TPSA) is 66.4 Å². The lowest BCUT2D eigenvalue weighted by Gasteiger charge is -2.07. The molecule has 0 radical (unpaired) electrons. The van der Waals surface area contributed by atoms with E-state index in [1.807, 2.05) is 0 Å². The van der Waals surface area contributed by atoms with Crippen LogP contribution in [0.4, 0.5) is 10.1 Å². The van der Waals surface area contributed by atoms with Crippen LogP contribution in [0.15, 0.2) is 48.5 Å². The zero-order valence-corrected chi connectivity index (χ0v) is 11.2. The zero-order valence-electron chi connectivity index (χ0n) is 11.2. The smallest absolute Gasteiger partial charge is 0.307 e. The summed E-state index contributed by atoms with van der Waals surface area (Å²) in [4.78, 5) is 22.5. The number of carbonyl (C=O) groups is 2. The predicted octanol–water partition coefficient (Wildman–Crippen LogP) is 2.63. The first-order chi connectivity index (χ1) is 10.0. The summed E-state index contributed by atoms with van der Waals surface area (Å²) >= 11 is 0. The van der Waals surface area contributed by atoms with Crippen LogP contribution in [0.3, 0.4) is 0 Å². The molecule has 0 aromatic heterocycles. The Labute approximate surface area is 121 Å². The number of carboxylic acid groups (broad SMARTS) is 1. The van der Waals surface area contributed by atoms with Gasteiger partial charge in [-0.15, -0.1) is 0 Å². The molecule has 0 bridgehead atoms. The number of halogens is 1. The lowest BCUT2D eigenvalue weighted by atomic mass is 10.1. The number of aliphatic carboxylic acids is 1. The molecule has 0 saturated carbocycles. The van der Waals surface area contributed by atoms with Gasteiger partial charge >= 0.3 is 5.97 Å². The molecule has 0 aliphatic rings. The van der Waals surface area contributed by atoms with Crippen molar-refractivity contribution in [3.05, 3.63) is 65.5 Å². The van der Waals surface area contributed by atoms with Crippen molar-refractivity contribution in [2.45, 2.75) is 12.8 Å². The van der Waals surface area contributed by atoms with Gasteiger partial charge in [0.15, 0.2) is 0 Å². The molecule has 2 aromatic carbocycles. The second-order valence-electron chi connectivity index (χ2n) is 4.63. The van der Waals surface area contributed by atoms with Crippen molar-refractivity contribution in [2.75, 3.05) is 5.32 Å². The minimum absolute atomic E-state index is 0.0565. The van der Waals surface area contributed by atoms with Crippen LogP contribution in [0.1, 0.15) is 11.1 Å². The molecule has 0 heterocycles. The molecular weight excluding hydrogens is 273 g/mol. The lowest BCUT2D eigenvalue weighted by molar-refractivity contribution is -0.136. The van der Waals surface area contributed by atoms with Crippen LogP contribution < -0.4 is 5.32 Å². The molecule has 0 saturated heterocycles. The van der Waals surface area contributed by atoms with Crippen LogP contribution in [0.25, 0.3) is 0 Å². The van der Waals surface area contributed by atoms with E-state index in [0.717, 1.165) is 0 Å². The van der Waals surface area contributed by atoms with Crippen LogP contribution >= 0.6 is 0 Å². The van der Waals surface area contributed by atoms with Gasteiger partial charge in [0.25, 0.3) is 0 Å². The fourth-order valence-corrected chi connectivity index (χ4v) is 1.97. The summed E-state index contributed by atoms with van der Waals surface area (Å²) < 4.78 is 13.0. The maximum atomic E-state index is 13.0. The van der Waals surface area contributed by atoms with Crippen LogP contribution in [-0.2, 0) is 22.4 Å². The van der Waals surface area contributed by atoms with Crippen molar-refractivity contribution >= 4 is 17.6 Å². The second kappa shape index (κ2) is 6.65. The largest absolute Gasteiger partial charge is 0.481 e. The first kappa shape index (κ1) is 14.7. The Balaban J connectivity index is 2.01. The first-order valence-electron chi connectivity index (χ1n) is 6.38. The molecule has 4 nitrogen and oxygen atoms in total. The average molecular weight is 287 g/mol. The third-order valence-electron chi connectivity index (χ3n) is 2.82. The van der Waals surface area contributed by atoms with Gasteiger partial charge in [-0.25, -0.2) is 4.39 Å². The SMILES string of the molecule is O=C(O)Cc1cccc(NC(=O)Cc2cccc(F)c2)c1. The second-order valence-corrected chi connectivity index (χ2v) is 4.63. The summed E-state index contributed by atoms with van der Waals surface area (Å²) in [6.07, 6.45) is -0.0471. The first-order valence-corrected chi connectivity index (χ1v) is 6.38.